The Kier molecular flexibility index (Phi) is 4.39. The van der Waals surface area contributed by atoms with Gasteiger partial charge in [0.05, 0.1) is 5.56 Å². The molecule has 0 fully saturated rings. The molecule has 1 aromatic heterocycles. The fourth-order valence-electron chi connectivity index (χ4n) is 4.23. The van der Waals surface area contributed by atoms with Crippen molar-refractivity contribution in [1.82, 2.24) is 9.55 Å². The van der Waals surface area contributed by atoms with Crippen molar-refractivity contribution in [1.29, 1.82) is 5.41 Å². The van der Waals surface area contributed by atoms with E-state index in [1.54, 1.807) is 6.33 Å². The molecule has 2 heterocycles. The van der Waals surface area contributed by atoms with E-state index in [1.807, 2.05) is 16.7 Å². The predicted octanol–water partition coefficient (Wildman–Crippen LogP) is 5.60. The highest BCUT2D eigenvalue weighted by atomic mass is 16.5. The fourth-order valence-corrected chi connectivity index (χ4v) is 4.23. The molecular weight excluding hydrogens is 358 g/mol. The number of fused-ring (bicyclic) bond motifs is 4. The van der Waals surface area contributed by atoms with Gasteiger partial charge in [0.1, 0.15) is 17.6 Å². The van der Waals surface area contributed by atoms with Gasteiger partial charge in [-0.25, -0.2) is 4.98 Å². The molecular formula is C25H23N3O. The highest BCUT2D eigenvalue weighted by Crippen LogP contribution is 2.47. The number of hydrogen-bond donors (Lipinski definition) is 1. The smallest absolute Gasteiger partial charge is 0.228 e. The second-order valence-electron chi connectivity index (χ2n) is 7.50. The van der Waals surface area contributed by atoms with E-state index in [4.69, 9.17) is 10.1 Å². The first-order valence-electron chi connectivity index (χ1n) is 10.2. The maximum atomic E-state index is 8.98. The number of hydrogen-bond acceptors (Lipinski definition) is 3. The van der Waals surface area contributed by atoms with Gasteiger partial charge in [0.15, 0.2) is 0 Å². The molecule has 1 unspecified atom stereocenters. The van der Waals surface area contributed by atoms with Crippen LogP contribution in [0.5, 0.6) is 11.6 Å². The third kappa shape index (κ3) is 2.92. The summed E-state index contributed by atoms with van der Waals surface area (Å²) < 4.78 is 8.18. The molecule has 0 saturated heterocycles. The van der Waals surface area contributed by atoms with Gasteiger partial charge in [-0.2, -0.15) is 0 Å². The minimum absolute atomic E-state index is 0.0878. The van der Waals surface area contributed by atoms with Crippen LogP contribution in [0.15, 0.2) is 73.1 Å². The Labute approximate surface area is 169 Å². The molecule has 144 valence electrons. The second-order valence-corrected chi connectivity index (χ2v) is 7.50. The monoisotopic (exact) mass is 381 g/mol. The third-order valence-corrected chi connectivity index (χ3v) is 5.69. The van der Waals surface area contributed by atoms with Crippen molar-refractivity contribution < 1.29 is 4.74 Å². The number of unbranched alkanes of at least 4 members (excludes halogenated alkanes) is 1. The van der Waals surface area contributed by atoms with Gasteiger partial charge in [-0.15, -0.1) is 0 Å². The summed E-state index contributed by atoms with van der Waals surface area (Å²) in [6.07, 6.45) is 3.84. The van der Waals surface area contributed by atoms with Crippen LogP contribution in [0.25, 0.3) is 10.8 Å². The van der Waals surface area contributed by atoms with E-state index in [9.17, 15) is 0 Å². The topological polar surface area (TPSA) is 50.9 Å². The Morgan fingerprint density at radius 3 is 2.59 bits per heavy atom. The van der Waals surface area contributed by atoms with Crippen molar-refractivity contribution in [3.8, 4) is 11.6 Å². The lowest BCUT2D eigenvalue weighted by atomic mass is 9.81. The van der Waals surface area contributed by atoms with Gasteiger partial charge < -0.3 is 9.30 Å². The molecule has 0 amide bonds. The maximum Gasteiger partial charge on any atom is 0.228 e. The second kappa shape index (κ2) is 7.21. The van der Waals surface area contributed by atoms with E-state index < -0.39 is 0 Å². The molecule has 4 nitrogen and oxygen atoms in total. The summed E-state index contributed by atoms with van der Waals surface area (Å²) >= 11 is 0. The lowest BCUT2D eigenvalue weighted by Gasteiger charge is -2.29. The van der Waals surface area contributed by atoms with Gasteiger partial charge >= 0.3 is 0 Å². The SMILES string of the molecule is CCCCn1cnc2c(c1=N)C(c1ccccc1)c1c(ccc3ccccc13)O2. The summed E-state index contributed by atoms with van der Waals surface area (Å²) in [7, 11) is 0. The van der Waals surface area contributed by atoms with Gasteiger partial charge in [0.2, 0.25) is 5.88 Å². The molecule has 0 bridgehead atoms. The predicted molar refractivity (Wildman–Crippen MR) is 114 cm³/mol. The highest BCUT2D eigenvalue weighted by molar-refractivity contribution is 5.90. The van der Waals surface area contributed by atoms with E-state index in [2.05, 4.69) is 66.5 Å². The van der Waals surface area contributed by atoms with Crippen molar-refractivity contribution in [2.75, 3.05) is 0 Å². The summed E-state index contributed by atoms with van der Waals surface area (Å²) in [6, 6.07) is 22.9. The molecule has 1 aliphatic heterocycles. The van der Waals surface area contributed by atoms with E-state index >= 15 is 0 Å². The van der Waals surface area contributed by atoms with Crippen molar-refractivity contribution in [3.63, 3.8) is 0 Å². The molecule has 4 aromatic rings. The Bertz CT molecular complexity index is 1240. The van der Waals surface area contributed by atoms with Crippen LogP contribution < -0.4 is 10.2 Å². The molecule has 0 aliphatic carbocycles. The highest BCUT2D eigenvalue weighted by Gasteiger charge is 2.33. The van der Waals surface area contributed by atoms with Gasteiger partial charge in [0.25, 0.3) is 0 Å². The van der Waals surface area contributed by atoms with E-state index in [0.29, 0.717) is 11.4 Å². The van der Waals surface area contributed by atoms with Crippen molar-refractivity contribution in [2.45, 2.75) is 32.2 Å². The van der Waals surface area contributed by atoms with Crippen LogP contribution in [0, 0.1) is 5.41 Å². The Morgan fingerprint density at radius 1 is 0.966 bits per heavy atom. The molecule has 1 aliphatic rings. The summed E-state index contributed by atoms with van der Waals surface area (Å²) in [5.41, 5.74) is 3.60. The summed E-state index contributed by atoms with van der Waals surface area (Å²) in [4.78, 5) is 4.61. The van der Waals surface area contributed by atoms with E-state index in [0.717, 1.165) is 47.2 Å². The minimum Gasteiger partial charge on any atom is -0.438 e. The summed E-state index contributed by atoms with van der Waals surface area (Å²) in [6.45, 7) is 2.95. The molecule has 0 spiro atoms. The number of benzene rings is 3. The first-order valence-corrected chi connectivity index (χ1v) is 10.2. The van der Waals surface area contributed by atoms with Crippen LogP contribution in [-0.2, 0) is 6.54 Å². The maximum absolute atomic E-state index is 8.98. The zero-order valence-electron chi connectivity index (χ0n) is 16.4. The number of nitrogens with one attached hydrogen (secondary N) is 1. The normalized spacial score (nSPS) is 14.9. The van der Waals surface area contributed by atoms with Gasteiger partial charge in [-0.1, -0.05) is 74.0 Å². The molecule has 0 radical (unpaired) electrons. The third-order valence-electron chi connectivity index (χ3n) is 5.69. The van der Waals surface area contributed by atoms with Crippen LogP contribution in [0.4, 0.5) is 0 Å². The van der Waals surface area contributed by atoms with Gasteiger partial charge in [0, 0.05) is 18.0 Å². The molecule has 1 atom stereocenters. The van der Waals surface area contributed by atoms with E-state index in [1.165, 1.54) is 5.39 Å². The molecule has 4 heteroatoms. The van der Waals surface area contributed by atoms with Crippen LogP contribution in [0.3, 0.4) is 0 Å². The lowest BCUT2D eigenvalue weighted by molar-refractivity contribution is 0.422. The Hall–Kier alpha value is -3.40. The van der Waals surface area contributed by atoms with Crippen LogP contribution >= 0.6 is 0 Å². The number of rotatable bonds is 4. The number of aromatic nitrogens is 2. The Morgan fingerprint density at radius 2 is 1.76 bits per heavy atom. The van der Waals surface area contributed by atoms with E-state index in [-0.39, 0.29) is 5.92 Å². The number of nitrogens with zero attached hydrogens (tertiary/aromatic N) is 2. The average molecular weight is 381 g/mol. The summed E-state index contributed by atoms with van der Waals surface area (Å²) in [5, 5.41) is 11.3. The molecule has 5 rings (SSSR count). The van der Waals surface area contributed by atoms with Crippen molar-refractivity contribution in [2.24, 2.45) is 0 Å². The van der Waals surface area contributed by atoms with Crippen LogP contribution in [-0.4, -0.2) is 9.55 Å². The zero-order chi connectivity index (χ0) is 19.8. The number of aryl methyl sites for hydroxylation is 1. The molecule has 29 heavy (non-hydrogen) atoms. The zero-order valence-corrected chi connectivity index (χ0v) is 16.4. The van der Waals surface area contributed by atoms with Gasteiger partial charge in [-0.05, 0) is 28.8 Å². The van der Waals surface area contributed by atoms with Gasteiger partial charge in [-0.3, -0.25) is 5.41 Å². The molecule has 3 aromatic carbocycles. The number of ether oxygens (including phenoxy) is 1. The fraction of sp³-hybridized carbons (Fsp3) is 0.200. The van der Waals surface area contributed by atoms with Crippen LogP contribution in [0.2, 0.25) is 0 Å². The van der Waals surface area contributed by atoms with Crippen molar-refractivity contribution >= 4 is 10.8 Å². The van der Waals surface area contributed by atoms with Crippen molar-refractivity contribution in [3.05, 3.63) is 95.2 Å². The lowest BCUT2D eigenvalue weighted by Crippen LogP contribution is -2.30. The summed E-state index contributed by atoms with van der Waals surface area (Å²) in [5.74, 6) is 1.28. The standard InChI is InChI=1S/C25H23N3O/c1-2-3-15-28-16-27-25-23(24(28)26)21(18-10-5-4-6-11-18)22-19-12-8-7-9-17(19)13-14-20(22)29-25/h4-14,16,21,26H,2-3,15H2,1H3. The first kappa shape index (κ1) is 17.7. The largest absolute Gasteiger partial charge is 0.438 e. The average Bonchev–Trinajstić information content (AvgIpc) is 2.78. The molecule has 0 saturated carbocycles. The van der Waals surface area contributed by atoms with Crippen LogP contribution in [0.1, 0.15) is 42.4 Å². The first-order chi connectivity index (χ1) is 14.3. The molecule has 1 N–H and O–H groups in total. The quantitative estimate of drug-likeness (QED) is 0.440. The Balaban J connectivity index is 1.81. The minimum atomic E-state index is -0.0878.